The first-order valence-corrected chi connectivity index (χ1v) is 4.79. The molecule has 3 heteroatoms. The number of halogens is 3. The van der Waals surface area contributed by atoms with Crippen molar-refractivity contribution in [2.24, 2.45) is 0 Å². The fraction of sp³-hybridized carbons (Fsp3) is 0.333. The number of benzene rings is 1. The third kappa shape index (κ3) is 2.89. The molecule has 0 bridgehead atoms. The van der Waals surface area contributed by atoms with Gasteiger partial charge in [0.05, 0.1) is 0 Å². The van der Waals surface area contributed by atoms with Gasteiger partial charge >= 0.3 is 0 Å². The summed E-state index contributed by atoms with van der Waals surface area (Å²) >= 11 is 3.04. The molecule has 1 rings (SSSR count). The molecule has 66 valence electrons. The minimum Gasteiger partial charge on any atom is -0.246 e. The van der Waals surface area contributed by atoms with E-state index in [1.807, 2.05) is 0 Å². The third-order valence-corrected chi connectivity index (χ3v) is 2.24. The van der Waals surface area contributed by atoms with Gasteiger partial charge in [-0.1, -0.05) is 28.1 Å². The zero-order chi connectivity index (χ0) is 8.97. The van der Waals surface area contributed by atoms with Gasteiger partial charge in [-0.3, -0.25) is 0 Å². The molecule has 1 aromatic carbocycles. The van der Waals surface area contributed by atoms with Gasteiger partial charge in [0.1, 0.15) is 12.0 Å². The lowest BCUT2D eigenvalue weighted by molar-refractivity contribution is 0.368. The van der Waals surface area contributed by atoms with Crippen LogP contribution in [-0.2, 0) is 6.42 Å². The van der Waals surface area contributed by atoms with Crippen LogP contribution in [0, 0.1) is 5.82 Å². The van der Waals surface area contributed by atoms with Crippen LogP contribution in [0.2, 0.25) is 0 Å². The van der Waals surface area contributed by atoms with Crippen molar-refractivity contribution in [1.29, 1.82) is 0 Å². The van der Waals surface area contributed by atoms with E-state index in [2.05, 4.69) is 15.9 Å². The van der Waals surface area contributed by atoms with Gasteiger partial charge in [0.25, 0.3) is 0 Å². The molecule has 0 radical (unpaired) electrons. The van der Waals surface area contributed by atoms with Crippen LogP contribution >= 0.6 is 15.9 Å². The van der Waals surface area contributed by atoms with Crippen molar-refractivity contribution in [1.82, 2.24) is 0 Å². The zero-order valence-corrected chi connectivity index (χ0v) is 8.02. The van der Waals surface area contributed by atoms with E-state index in [9.17, 15) is 8.78 Å². The lowest BCUT2D eigenvalue weighted by atomic mass is 10.1. The van der Waals surface area contributed by atoms with Gasteiger partial charge in [-0.05, 0) is 17.7 Å². The Morgan fingerprint density at radius 1 is 1.25 bits per heavy atom. The van der Waals surface area contributed by atoms with E-state index in [4.69, 9.17) is 0 Å². The lowest BCUT2D eigenvalue weighted by Crippen LogP contribution is -2.05. The maximum absolute atomic E-state index is 12.8. The second-order valence-corrected chi connectivity index (χ2v) is 3.23. The van der Waals surface area contributed by atoms with Crippen molar-refractivity contribution < 1.29 is 8.78 Å². The second-order valence-electron chi connectivity index (χ2n) is 2.58. The molecule has 0 aliphatic rings. The number of hydrogen-bond acceptors (Lipinski definition) is 0. The molecule has 0 spiro atoms. The predicted molar refractivity (Wildman–Crippen MR) is 48.8 cm³/mol. The highest BCUT2D eigenvalue weighted by molar-refractivity contribution is 9.09. The molecule has 0 fully saturated rings. The van der Waals surface area contributed by atoms with Crippen LogP contribution in [0.4, 0.5) is 8.78 Å². The molecule has 0 heterocycles. The van der Waals surface area contributed by atoms with E-state index in [0.29, 0.717) is 11.8 Å². The molecule has 0 aromatic heterocycles. The molecule has 1 atom stereocenters. The van der Waals surface area contributed by atoms with Gasteiger partial charge in [0, 0.05) is 11.8 Å². The summed E-state index contributed by atoms with van der Waals surface area (Å²) in [5, 5.41) is 0.324. The Labute approximate surface area is 78.7 Å². The number of rotatable bonds is 3. The Bertz CT molecular complexity index is 233. The Kier molecular flexibility index (Phi) is 3.66. The predicted octanol–water partition coefficient (Wildman–Crippen LogP) is 3.10. The average Bonchev–Trinajstić information content (AvgIpc) is 2.09. The van der Waals surface area contributed by atoms with Gasteiger partial charge in [-0.25, -0.2) is 8.78 Å². The molecular formula is C9H9BrF2. The van der Waals surface area contributed by atoms with Gasteiger partial charge in [-0.2, -0.15) is 0 Å². The maximum atomic E-state index is 12.8. The van der Waals surface area contributed by atoms with Crippen molar-refractivity contribution in [2.75, 3.05) is 5.33 Å². The van der Waals surface area contributed by atoms with E-state index in [1.165, 1.54) is 12.1 Å². The summed E-state index contributed by atoms with van der Waals surface area (Å²) in [7, 11) is 0. The summed E-state index contributed by atoms with van der Waals surface area (Å²) in [6.45, 7) is 0. The van der Waals surface area contributed by atoms with Crippen molar-refractivity contribution in [3.05, 3.63) is 35.6 Å². The highest BCUT2D eigenvalue weighted by Crippen LogP contribution is 2.09. The van der Waals surface area contributed by atoms with Crippen molar-refractivity contribution in [2.45, 2.75) is 12.6 Å². The van der Waals surface area contributed by atoms with Gasteiger partial charge in [-0.15, -0.1) is 0 Å². The van der Waals surface area contributed by atoms with Crippen LogP contribution in [0.25, 0.3) is 0 Å². The molecule has 0 N–H and O–H groups in total. The first-order chi connectivity index (χ1) is 5.72. The normalized spacial score (nSPS) is 12.9. The Balaban J connectivity index is 2.58. The van der Waals surface area contributed by atoms with E-state index >= 15 is 0 Å². The minimum atomic E-state index is -0.893. The fourth-order valence-corrected chi connectivity index (χ4v) is 1.16. The van der Waals surface area contributed by atoms with Crippen molar-refractivity contribution >= 4 is 15.9 Å². The van der Waals surface area contributed by atoms with Crippen LogP contribution in [0.5, 0.6) is 0 Å². The van der Waals surface area contributed by atoms with E-state index in [-0.39, 0.29) is 5.82 Å². The van der Waals surface area contributed by atoms with E-state index < -0.39 is 6.17 Å². The van der Waals surface area contributed by atoms with E-state index in [0.717, 1.165) is 5.56 Å². The van der Waals surface area contributed by atoms with Crippen molar-refractivity contribution in [3.63, 3.8) is 0 Å². The summed E-state index contributed by atoms with van der Waals surface area (Å²) in [5.41, 5.74) is 0.823. The number of alkyl halides is 2. The highest BCUT2D eigenvalue weighted by atomic mass is 79.9. The van der Waals surface area contributed by atoms with Crippen LogP contribution in [0.1, 0.15) is 5.56 Å². The molecule has 12 heavy (non-hydrogen) atoms. The SMILES string of the molecule is Fc1ccc(C[C@H](F)CBr)cc1. The van der Waals surface area contributed by atoms with Gasteiger partial charge in [0.2, 0.25) is 0 Å². The topological polar surface area (TPSA) is 0 Å². The molecular weight excluding hydrogens is 226 g/mol. The zero-order valence-electron chi connectivity index (χ0n) is 6.43. The number of hydrogen-bond donors (Lipinski definition) is 0. The largest absolute Gasteiger partial charge is 0.246 e. The molecule has 0 aliphatic heterocycles. The minimum absolute atomic E-state index is 0.284. The smallest absolute Gasteiger partial charge is 0.123 e. The fourth-order valence-electron chi connectivity index (χ4n) is 0.931. The quantitative estimate of drug-likeness (QED) is 0.706. The summed E-state index contributed by atoms with van der Waals surface area (Å²) in [6.07, 6.45) is -0.554. The molecule has 0 saturated carbocycles. The Hall–Kier alpha value is -0.440. The maximum Gasteiger partial charge on any atom is 0.123 e. The first kappa shape index (κ1) is 9.65. The van der Waals surface area contributed by atoms with E-state index in [1.54, 1.807) is 12.1 Å². The monoisotopic (exact) mass is 234 g/mol. The van der Waals surface area contributed by atoms with Gasteiger partial charge < -0.3 is 0 Å². The summed E-state index contributed by atoms with van der Waals surface area (Å²) in [6, 6.07) is 5.89. The standard InChI is InChI=1S/C9H9BrF2/c10-6-9(12)5-7-1-3-8(11)4-2-7/h1-4,9H,5-6H2/t9-/m0/s1. The molecule has 0 amide bonds. The van der Waals surface area contributed by atoms with Gasteiger partial charge in [0.15, 0.2) is 0 Å². The summed E-state index contributed by atoms with van der Waals surface area (Å²) < 4.78 is 25.2. The Morgan fingerprint density at radius 2 is 1.83 bits per heavy atom. The molecule has 0 aliphatic carbocycles. The van der Waals surface area contributed by atoms with Crippen LogP contribution < -0.4 is 0 Å². The summed E-state index contributed by atoms with van der Waals surface area (Å²) in [5.74, 6) is -0.284. The molecule has 0 unspecified atom stereocenters. The molecule has 1 aromatic rings. The first-order valence-electron chi connectivity index (χ1n) is 3.67. The summed E-state index contributed by atoms with van der Waals surface area (Å²) in [4.78, 5) is 0. The molecule has 0 nitrogen and oxygen atoms in total. The van der Waals surface area contributed by atoms with Crippen LogP contribution in [-0.4, -0.2) is 11.5 Å². The lowest BCUT2D eigenvalue weighted by Gasteiger charge is -2.03. The van der Waals surface area contributed by atoms with Crippen LogP contribution in [0.15, 0.2) is 24.3 Å². The van der Waals surface area contributed by atoms with Crippen LogP contribution in [0.3, 0.4) is 0 Å². The second kappa shape index (κ2) is 4.55. The van der Waals surface area contributed by atoms with Crippen molar-refractivity contribution in [3.8, 4) is 0 Å². The highest BCUT2D eigenvalue weighted by Gasteiger charge is 2.04. The third-order valence-electron chi connectivity index (χ3n) is 1.54. The Morgan fingerprint density at radius 3 is 2.33 bits per heavy atom. The molecule has 0 saturated heterocycles. The average molecular weight is 235 g/mol.